The van der Waals surface area contributed by atoms with E-state index in [0.717, 1.165) is 12.1 Å². The molecule has 0 aromatic heterocycles. The number of nitrogens with one attached hydrogen (secondary N) is 1. The van der Waals surface area contributed by atoms with Gasteiger partial charge in [-0.2, -0.15) is 0 Å². The van der Waals surface area contributed by atoms with E-state index in [1.54, 1.807) is 0 Å². The van der Waals surface area contributed by atoms with Crippen LogP contribution >= 0.6 is 0 Å². The van der Waals surface area contributed by atoms with Gasteiger partial charge in [-0.05, 0) is 38.1 Å². The van der Waals surface area contributed by atoms with Crippen molar-refractivity contribution in [1.82, 2.24) is 0 Å². The number of hydrogen-bond acceptors (Lipinski definition) is 3. The van der Waals surface area contributed by atoms with E-state index in [0.29, 0.717) is 0 Å². The third-order valence-electron chi connectivity index (χ3n) is 2.55. The van der Waals surface area contributed by atoms with E-state index >= 15 is 0 Å². The second kappa shape index (κ2) is 6.02. The van der Waals surface area contributed by atoms with Gasteiger partial charge in [0, 0.05) is 12.1 Å². The van der Waals surface area contributed by atoms with E-state index in [2.05, 4.69) is 10.1 Å². The van der Waals surface area contributed by atoms with E-state index in [1.165, 1.54) is 26.0 Å². The van der Waals surface area contributed by atoms with Crippen molar-refractivity contribution in [3.63, 3.8) is 0 Å². The van der Waals surface area contributed by atoms with Gasteiger partial charge in [0.25, 0.3) is 0 Å². The summed E-state index contributed by atoms with van der Waals surface area (Å²) in [6.45, 7) is 2.80. The van der Waals surface area contributed by atoms with Crippen LogP contribution in [-0.4, -0.2) is 23.3 Å². The fraction of sp³-hybridized carbons (Fsp3) is 0.385. The van der Waals surface area contributed by atoms with E-state index in [1.807, 2.05) is 0 Å². The van der Waals surface area contributed by atoms with Crippen molar-refractivity contribution in [1.29, 1.82) is 0 Å². The van der Waals surface area contributed by atoms with Crippen LogP contribution in [0.25, 0.3) is 0 Å². The van der Waals surface area contributed by atoms with Gasteiger partial charge in [0.2, 0.25) is 5.91 Å². The molecule has 0 aliphatic heterocycles. The van der Waals surface area contributed by atoms with Crippen molar-refractivity contribution < 1.29 is 32.6 Å². The van der Waals surface area contributed by atoms with Gasteiger partial charge in [-0.25, -0.2) is 0 Å². The molecular formula is C13H14F3NO4. The number of amides is 1. The molecule has 1 amide bonds. The monoisotopic (exact) mass is 305 g/mol. The molecule has 0 heterocycles. The van der Waals surface area contributed by atoms with Gasteiger partial charge in [-0.3, -0.25) is 9.59 Å². The zero-order valence-corrected chi connectivity index (χ0v) is 11.3. The van der Waals surface area contributed by atoms with Gasteiger partial charge in [0.1, 0.15) is 5.75 Å². The van der Waals surface area contributed by atoms with Crippen LogP contribution in [0.4, 0.5) is 18.9 Å². The minimum atomic E-state index is -4.78. The summed E-state index contributed by atoms with van der Waals surface area (Å²) in [5, 5.41) is 11.3. The van der Waals surface area contributed by atoms with Crippen molar-refractivity contribution >= 4 is 17.6 Å². The predicted molar refractivity (Wildman–Crippen MR) is 67.8 cm³/mol. The maximum atomic E-state index is 12.0. The SMILES string of the molecule is CC(C)(CC(=O)Nc1ccc(OC(F)(F)F)cc1)C(=O)O. The third kappa shape index (κ3) is 5.72. The Morgan fingerprint density at radius 3 is 2.14 bits per heavy atom. The van der Waals surface area contributed by atoms with E-state index in [9.17, 15) is 22.8 Å². The number of alkyl halides is 3. The van der Waals surface area contributed by atoms with Gasteiger partial charge in [0.05, 0.1) is 5.41 Å². The van der Waals surface area contributed by atoms with Gasteiger partial charge in [0.15, 0.2) is 0 Å². The first-order valence-electron chi connectivity index (χ1n) is 5.89. The number of rotatable bonds is 5. The zero-order chi connectivity index (χ0) is 16.3. The smallest absolute Gasteiger partial charge is 0.481 e. The van der Waals surface area contributed by atoms with Crippen LogP contribution in [0.1, 0.15) is 20.3 Å². The second-order valence-electron chi connectivity index (χ2n) is 4.99. The Hall–Kier alpha value is -2.25. The highest BCUT2D eigenvalue weighted by Gasteiger charge is 2.31. The first kappa shape index (κ1) is 16.8. The summed E-state index contributed by atoms with van der Waals surface area (Å²) in [6, 6.07) is 4.55. The summed E-state index contributed by atoms with van der Waals surface area (Å²) < 4.78 is 39.6. The molecule has 0 bridgehead atoms. The topological polar surface area (TPSA) is 75.6 Å². The summed E-state index contributed by atoms with van der Waals surface area (Å²) in [6.07, 6.45) is -5.04. The number of benzene rings is 1. The van der Waals surface area contributed by atoms with Gasteiger partial charge >= 0.3 is 12.3 Å². The summed E-state index contributed by atoms with van der Waals surface area (Å²) in [7, 11) is 0. The van der Waals surface area contributed by atoms with Gasteiger partial charge in [-0.1, -0.05) is 0 Å². The average Bonchev–Trinajstić information content (AvgIpc) is 2.28. The molecule has 0 unspecified atom stereocenters. The lowest BCUT2D eigenvalue weighted by Crippen LogP contribution is -2.29. The van der Waals surface area contributed by atoms with Crippen LogP contribution in [0.5, 0.6) is 5.75 Å². The molecule has 8 heteroatoms. The molecule has 21 heavy (non-hydrogen) atoms. The fourth-order valence-corrected chi connectivity index (χ4v) is 1.42. The Morgan fingerprint density at radius 2 is 1.71 bits per heavy atom. The normalized spacial score (nSPS) is 11.9. The first-order chi connectivity index (χ1) is 9.49. The average molecular weight is 305 g/mol. The van der Waals surface area contributed by atoms with Crippen LogP contribution in [0.3, 0.4) is 0 Å². The lowest BCUT2D eigenvalue weighted by Gasteiger charge is -2.18. The van der Waals surface area contributed by atoms with Gasteiger partial charge < -0.3 is 15.2 Å². The molecule has 0 saturated heterocycles. The molecule has 0 atom stereocenters. The van der Waals surface area contributed by atoms with Crippen LogP contribution in [0, 0.1) is 5.41 Å². The summed E-state index contributed by atoms with van der Waals surface area (Å²) >= 11 is 0. The van der Waals surface area contributed by atoms with Crippen LogP contribution in [0.15, 0.2) is 24.3 Å². The summed E-state index contributed by atoms with van der Waals surface area (Å²) in [4.78, 5) is 22.5. The lowest BCUT2D eigenvalue weighted by molar-refractivity contribution is -0.274. The highest BCUT2D eigenvalue weighted by Crippen LogP contribution is 2.25. The fourth-order valence-electron chi connectivity index (χ4n) is 1.42. The number of carboxylic acid groups (broad SMARTS) is 1. The Labute approximate surface area is 118 Å². The maximum Gasteiger partial charge on any atom is 0.573 e. The number of carbonyl (C=O) groups excluding carboxylic acids is 1. The molecule has 1 aromatic rings. The molecule has 0 radical (unpaired) electrons. The molecule has 0 spiro atoms. The molecule has 116 valence electrons. The number of hydrogen-bond donors (Lipinski definition) is 2. The van der Waals surface area contributed by atoms with E-state index in [4.69, 9.17) is 5.11 Å². The Morgan fingerprint density at radius 1 is 1.19 bits per heavy atom. The number of anilines is 1. The molecular weight excluding hydrogens is 291 g/mol. The minimum Gasteiger partial charge on any atom is -0.481 e. The molecule has 0 fully saturated rings. The summed E-state index contributed by atoms with van der Waals surface area (Å²) in [5.74, 6) is -2.08. The van der Waals surface area contributed by atoms with Crippen molar-refractivity contribution in [2.45, 2.75) is 26.6 Å². The highest BCUT2D eigenvalue weighted by atomic mass is 19.4. The largest absolute Gasteiger partial charge is 0.573 e. The second-order valence-corrected chi connectivity index (χ2v) is 4.99. The van der Waals surface area contributed by atoms with Crippen LogP contribution in [0.2, 0.25) is 0 Å². The highest BCUT2D eigenvalue weighted by molar-refractivity contribution is 5.94. The third-order valence-corrected chi connectivity index (χ3v) is 2.55. The Kier molecular flexibility index (Phi) is 4.82. The Balaban J connectivity index is 2.64. The zero-order valence-electron chi connectivity index (χ0n) is 11.3. The maximum absolute atomic E-state index is 12.0. The summed E-state index contributed by atoms with van der Waals surface area (Å²) in [5.41, 5.74) is -0.987. The number of carbonyl (C=O) groups is 2. The first-order valence-corrected chi connectivity index (χ1v) is 5.89. The quantitative estimate of drug-likeness (QED) is 0.876. The van der Waals surface area contributed by atoms with E-state index in [-0.39, 0.29) is 12.1 Å². The number of aliphatic carboxylic acids is 1. The van der Waals surface area contributed by atoms with Crippen LogP contribution in [-0.2, 0) is 9.59 Å². The molecule has 1 rings (SSSR count). The molecule has 0 aliphatic rings. The standard InChI is InChI=1S/C13H14F3NO4/c1-12(2,11(19)20)7-10(18)17-8-3-5-9(6-4-8)21-13(14,15)16/h3-6H,7H2,1-2H3,(H,17,18)(H,19,20). The Bertz CT molecular complexity index is 523. The molecule has 0 saturated carbocycles. The molecule has 2 N–H and O–H groups in total. The number of ether oxygens (including phenoxy) is 1. The lowest BCUT2D eigenvalue weighted by atomic mass is 9.89. The number of carboxylic acids is 1. The van der Waals surface area contributed by atoms with Crippen molar-refractivity contribution in [2.24, 2.45) is 5.41 Å². The molecule has 0 aliphatic carbocycles. The molecule has 5 nitrogen and oxygen atoms in total. The van der Waals surface area contributed by atoms with E-state index < -0.39 is 29.4 Å². The molecule has 1 aromatic carbocycles. The van der Waals surface area contributed by atoms with Crippen molar-refractivity contribution in [2.75, 3.05) is 5.32 Å². The van der Waals surface area contributed by atoms with Gasteiger partial charge in [-0.15, -0.1) is 13.2 Å². The van der Waals surface area contributed by atoms with Crippen molar-refractivity contribution in [3.8, 4) is 5.75 Å². The number of halogens is 3. The van der Waals surface area contributed by atoms with Crippen molar-refractivity contribution in [3.05, 3.63) is 24.3 Å². The van der Waals surface area contributed by atoms with Crippen LogP contribution < -0.4 is 10.1 Å². The predicted octanol–water partition coefficient (Wildman–Crippen LogP) is 3.02. The minimum absolute atomic E-state index is 0.246.